The Morgan fingerprint density at radius 3 is 2.13 bits per heavy atom. The van der Waals surface area contributed by atoms with Crippen LogP contribution in [0.15, 0.2) is 91.2 Å². The van der Waals surface area contributed by atoms with Crippen LogP contribution in [0.5, 0.6) is 0 Å². The first-order valence-electron chi connectivity index (χ1n) is 7.44. The largest absolute Gasteiger partial charge is 0.488 e. The van der Waals surface area contributed by atoms with E-state index in [4.69, 9.17) is 0 Å². The summed E-state index contributed by atoms with van der Waals surface area (Å²) in [5.74, 6) is 0. The Kier molecular flexibility index (Phi) is 5.98. The van der Waals surface area contributed by atoms with Crippen molar-refractivity contribution >= 4 is 24.0 Å². The van der Waals surface area contributed by atoms with Gasteiger partial charge in [-0.25, -0.2) is 0 Å². The van der Waals surface area contributed by atoms with Crippen LogP contribution < -0.4 is 10.4 Å². The monoisotopic (exact) mass is 305 g/mol. The van der Waals surface area contributed by atoms with Gasteiger partial charge in [0, 0.05) is 17.1 Å². The van der Waals surface area contributed by atoms with Crippen LogP contribution in [0.25, 0.3) is 0 Å². The van der Waals surface area contributed by atoms with E-state index in [1.54, 1.807) is 18.2 Å². The van der Waals surface area contributed by atoms with Crippen molar-refractivity contribution in [2.24, 2.45) is 0 Å². The van der Waals surface area contributed by atoms with E-state index in [0.717, 1.165) is 17.1 Å². The maximum atomic E-state index is 9.25. The first kappa shape index (κ1) is 16.8. The molecule has 0 aliphatic heterocycles. The van der Waals surface area contributed by atoms with Crippen LogP contribution in [0, 0.1) is 0 Å². The lowest BCUT2D eigenvalue weighted by molar-refractivity contribution is 0.426. The van der Waals surface area contributed by atoms with Gasteiger partial charge in [-0.2, -0.15) is 0 Å². The van der Waals surface area contributed by atoms with Crippen molar-refractivity contribution in [3.05, 3.63) is 91.2 Å². The molecular weight excluding hydrogens is 285 g/mol. The summed E-state index contributed by atoms with van der Waals surface area (Å²) in [6.45, 7) is 5.87. The van der Waals surface area contributed by atoms with E-state index in [0.29, 0.717) is 5.46 Å². The molecule has 0 spiro atoms. The summed E-state index contributed by atoms with van der Waals surface area (Å²) >= 11 is 0. The van der Waals surface area contributed by atoms with Crippen LogP contribution in [0.1, 0.15) is 6.92 Å². The van der Waals surface area contributed by atoms with Crippen molar-refractivity contribution < 1.29 is 10.0 Å². The topological polar surface area (TPSA) is 43.7 Å². The average molecular weight is 305 g/mol. The number of benzene rings is 2. The van der Waals surface area contributed by atoms with Crippen LogP contribution in [0.4, 0.5) is 11.4 Å². The molecule has 0 aliphatic carbocycles. The van der Waals surface area contributed by atoms with Crippen LogP contribution in [0.3, 0.4) is 0 Å². The fourth-order valence-corrected chi connectivity index (χ4v) is 2.25. The Morgan fingerprint density at radius 2 is 1.61 bits per heavy atom. The predicted octanol–water partition coefficient (Wildman–Crippen LogP) is 3.15. The molecule has 2 aromatic carbocycles. The Balaban J connectivity index is 2.51. The average Bonchev–Trinajstić information content (AvgIpc) is 2.59. The summed E-state index contributed by atoms with van der Waals surface area (Å²) in [5.41, 5.74) is 3.29. The minimum absolute atomic E-state index is 0.458. The Morgan fingerprint density at radius 1 is 1.00 bits per heavy atom. The highest BCUT2D eigenvalue weighted by atomic mass is 16.4. The molecule has 2 aromatic rings. The summed E-state index contributed by atoms with van der Waals surface area (Å²) in [6, 6.07) is 17.1. The highest BCUT2D eigenvalue weighted by molar-refractivity contribution is 6.58. The number of para-hydroxylation sites is 1. The Bertz CT molecular complexity index is 691. The zero-order chi connectivity index (χ0) is 16.7. The van der Waals surface area contributed by atoms with E-state index in [2.05, 4.69) is 11.5 Å². The molecule has 4 heteroatoms. The number of hydrogen-bond donors (Lipinski definition) is 2. The van der Waals surface area contributed by atoms with E-state index < -0.39 is 7.12 Å². The Labute approximate surface area is 137 Å². The second-order valence-electron chi connectivity index (χ2n) is 4.96. The summed E-state index contributed by atoms with van der Waals surface area (Å²) in [6.07, 6.45) is 7.69. The van der Waals surface area contributed by atoms with Gasteiger partial charge in [0.15, 0.2) is 0 Å². The molecule has 2 N–H and O–H groups in total. The van der Waals surface area contributed by atoms with Crippen molar-refractivity contribution in [2.45, 2.75) is 6.92 Å². The molecule has 0 saturated heterocycles. The van der Waals surface area contributed by atoms with Crippen molar-refractivity contribution in [1.82, 2.24) is 0 Å². The maximum Gasteiger partial charge on any atom is 0.488 e. The molecule has 0 amide bonds. The zero-order valence-electron chi connectivity index (χ0n) is 13.1. The first-order chi connectivity index (χ1) is 11.2. The molecule has 0 saturated carbocycles. The quantitative estimate of drug-likeness (QED) is 0.636. The van der Waals surface area contributed by atoms with E-state index in [9.17, 15) is 10.0 Å². The predicted molar refractivity (Wildman–Crippen MR) is 97.9 cm³/mol. The number of allylic oxidation sites excluding steroid dienone is 4. The lowest BCUT2D eigenvalue weighted by Crippen LogP contribution is -2.29. The van der Waals surface area contributed by atoms with Gasteiger partial charge in [0.2, 0.25) is 0 Å². The lowest BCUT2D eigenvalue weighted by Gasteiger charge is -2.26. The fraction of sp³-hybridized carbons (Fsp3) is 0.0526. The number of hydrogen-bond acceptors (Lipinski definition) is 3. The molecule has 0 atom stereocenters. The molecule has 23 heavy (non-hydrogen) atoms. The van der Waals surface area contributed by atoms with Gasteiger partial charge in [-0.1, -0.05) is 49.1 Å². The molecule has 0 unspecified atom stereocenters. The first-order valence-corrected chi connectivity index (χ1v) is 7.44. The fourth-order valence-electron chi connectivity index (χ4n) is 2.25. The molecular formula is C19H20BNO2. The maximum absolute atomic E-state index is 9.25. The minimum Gasteiger partial charge on any atom is -0.423 e. The zero-order valence-corrected chi connectivity index (χ0v) is 13.1. The highest BCUT2D eigenvalue weighted by Crippen LogP contribution is 2.29. The van der Waals surface area contributed by atoms with Crippen molar-refractivity contribution in [3.8, 4) is 0 Å². The molecule has 0 radical (unpaired) electrons. The van der Waals surface area contributed by atoms with Crippen LogP contribution in [-0.4, -0.2) is 17.2 Å². The van der Waals surface area contributed by atoms with Crippen LogP contribution in [-0.2, 0) is 0 Å². The van der Waals surface area contributed by atoms with E-state index in [1.165, 1.54) is 0 Å². The van der Waals surface area contributed by atoms with Gasteiger partial charge in [-0.3, -0.25) is 0 Å². The van der Waals surface area contributed by atoms with Crippen molar-refractivity contribution in [2.75, 3.05) is 4.90 Å². The summed E-state index contributed by atoms with van der Waals surface area (Å²) in [7, 11) is -1.47. The lowest BCUT2D eigenvalue weighted by atomic mass is 9.80. The molecule has 2 rings (SSSR count). The molecule has 3 nitrogen and oxygen atoms in total. The van der Waals surface area contributed by atoms with Gasteiger partial charge in [0.05, 0.1) is 0 Å². The number of rotatable bonds is 6. The standard InChI is InChI=1S/C19H20BNO2/c1-3-5-9-17(4-2)21(18-10-7-6-8-11-18)19-14-12-16(13-15-19)20(22)23/h3-15,22-23H,2H2,1H3/b5-3-,17-9+. The third-order valence-electron chi connectivity index (χ3n) is 3.39. The molecule has 0 aromatic heterocycles. The highest BCUT2D eigenvalue weighted by Gasteiger charge is 2.14. The summed E-state index contributed by atoms with van der Waals surface area (Å²) in [5, 5.41) is 18.5. The summed E-state index contributed by atoms with van der Waals surface area (Å²) < 4.78 is 0. The van der Waals surface area contributed by atoms with Crippen molar-refractivity contribution in [1.29, 1.82) is 0 Å². The van der Waals surface area contributed by atoms with Gasteiger partial charge in [0.25, 0.3) is 0 Å². The van der Waals surface area contributed by atoms with Gasteiger partial charge >= 0.3 is 7.12 Å². The molecule has 0 aliphatic rings. The van der Waals surface area contributed by atoms with E-state index in [-0.39, 0.29) is 0 Å². The number of anilines is 2. The van der Waals surface area contributed by atoms with E-state index in [1.807, 2.05) is 67.6 Å². The SMILES string of the molecule is C=C/C(=C\C=C/C)N(c1ccccc1)c1ccc(B(O)O)cc1. The van der Waals surface area contributed by atoms with Gasteiger partial charge in [-0.05, 0) is 48.8 Å². The molecule has 0 heterocycles. The smallest absolute Gasteiger partial charge is 0.423 e. The second-order valence-corrected chi connectivity index (χ2v) is 4.96. The van der Waals surface area contributed by atoms with Crippen LogP contribution in [0.2, 0.25) is 0 Å². The van der Waals surface area contributed by atoms with E-state index >= 15 is 0 Å². The molecule has 116 valence electrons. The summed E-state index contributed by atoms with van der Waals surface area (Å²) in [4.78, 5) is 2.06. The van der Waals surface area contributed by atoms with Gasteiger partial charge < -0.3 is 14.9 Å². The third-order valence-corrected chi connectivity index (χ3v) is 3.39. The second kappa shape index (κ2) is 8.18. The number of nitrogens with zero attached hydrogens (tertiary/aromatic N) is 1. The minimum atomic E-state index is -1.47. The molecule has 0 bridgehead atoms. The van der Waals surface area contributed by atoms with Crippen LogP contribution >= 0.6 is 0 Å². The Hall–Kier alpha value is -2.56. The van der Waals surface area contributed by atoms with Gasteiger partial charge in [-0.15, -0.1) is 0 Å². The van der Waals surface area contributed by atoms with Crippen molar-refractivity contribution in [3.63, 3.8) is 0 Å². The molecule has 0 fully saturated rings. The normalized spacial score (nSPS) is 11.5. The van der Waals surface area contributed by atoms with Gasteiger partial charge in [0.1, 0.15) is 0 Å². The third kappa shape index (κ3) is 4.22.